The Morgan fingerprint density at radius 2 is 1.54 bits per heavy atom. The number of hydrogen-bond acceptors (Lipinski definition) is 6. The summed E-state index contributed by atoms with van der Waals surface area (Å²) < 4.78 is 39.0. The van der Waals surface area contributed by atoms with Crippen LogP contribution in [0.25, 0.3) is 0 Å². The van der Waals surface area contributed by atoms with Crippen LogP contribution >= 0.6 is 7.60 Å². The monoisotopic (exact) mass is 360 g/mol. The standard InChI is InChI=1S/C17H29O6P/c1-4-22-24(18,23-5-2)14-13-20-10-9-19-11-12-21-17-8-6-7-16(3)15-17/h6-8,15H,4-5,9-14H2,1-3H3. The summed E-state index contributed by atoms with van der Waals surface area (Å²) in [6.45, 7) is 8.53. The molecule has 0 fully saturated rings. The van der Waals surface area contributed by atoms with Crippen molar-refractivity contribution in [2.75, 3.05) is 52.4 Å². The van der Waals surface area contributed by atoms with Gasteiger partial charge in [-0.2, -0.15) is 0 Å². The molecule has 0 N–H and O–H groups in total. The molecule has 138 valence electrons. The van der Waals surface area contributed by atoms with Gasteiger partial charge in [0.05, 0.1) is 45.8 Å². The second-order valence-electron chi connectivity index (χ2n) is 5.06. The van der Waals surface area contributed by atoms with E-state index in [0.29, 0.717) is 46.2 Å². The van der Waals surface area contributed by atoms with Crippen LogP contribution in [0.4, 0.5) is 0 Å². The van der Waals surface area contributed by atoms with Crippen molar-refractivity contribution in [3.8, 4) is 5.75 Å². The van der Waals surface area contributed by atoms with Gasteiger partial charge < -0.3 is 23.3 Å². The van der Waals surface area contributed by atoms with Crippen LogP contribution in [0.2, 0.25) is 0 Å². The molecule has 0 aliphatic carbocycles. The van der Waals surface area contributed by atoms with Crippen molar-refractivity contribution in [3.05, 3.63) is 29.8 Å². The van der Waals surface area contributed by atoms with Gasteiger partial charge >= 0.3 is 7.60 Å². The molecule has 0 unspecified atom stereocenters. The first-order chi connectivity index (χ1) is 11.6. The van der Waals surface area contributed by atoms with Gasteiger partial charge in [0.1, 0.15) is 12.4 Å². The molecule has 1 rings (SSSR count). The maximum atomic E-state index is 12.2. The zero-order valence-corrected chi connectivity index (χ0v) is 15.8. The lowest BCUT2D eigenvalue weighted by Gasteiger charge is -2.16. The highest BCUT2D eigenvalue weighted by atomic mass is 31.2. The summed E-state index contributed by atoms with van der Waals surface area (Å²) in [7, 11) is -3.01. The van der Waals surface area contributed by atoms with Gasteiger partial charge in [0.25, 0.3) is 0 Å². The first-order valence-corrected chi connectivity index (χ1v) is 10.1. The van der Waals surface area contributed by atoms with Crippen molar-refractivity contribution in [1.29, 1.82) is 0 Å². The molecule has 1 aromatic carbocycles. The maximum Gasteiger partial charge on any atom is 0.332 e. The summed E-state index contributed by atoms with van der Waals surface area (Å²) >= 11 is 0. The molecule has 0 aliphatic heterocycles. The van der Waals surface area contributed by atoms with Gasteiger partial charge in [-0.15, -0.1) is 0 Å². The van der Waals surface area contributed by atoms with Crippen LogP contribution in [0.1, 0.15) is 19.4 Å². The van der Waals surface area contributed by atoms with E-state index in [2.05, 4.69) is 0 Å². The summed E-state index contributed by atoms with van der Waals surface area (Å²) in [5.41, 5.74) is 1.17. The van der Waals surface area contributed by atoms with Gasteiger partial charge in [-0.25, -0.2) is 0 Å². The largest absolute Gasteiger partial charge is 0.491 e. The van der Waals surface area contributed by atoms with E-state index in [4.69, 9.17) is 23.3 Å². The lowest BCUT2D eigenvalue weighted by molar-refractivity contribution is 0.0397. The Bertz CT molecular complexity index is 484. The van der Waals surface area contributed by atoms with Gasteiger partial charge in [0, 0.05) is 0 Å². The minimum atomic E-state index is -3.01. The topological polar surface area (TPSA) is 63.2 Å². The lowest BCUT2D eigenvalue weighted by Crippen LogP contribution is -2.13. The summed E-state index contributed by atoms with van der Waals surface area (Å²) in [5, 5.41) is 0. The van der Waals surface area contributed by atoms with Crippen molar-refractivity contribution >= 4 is 7.60 Å². The molecule has 0 aromatic heterocycles. The molecule has 0 spiro atoms. The molecule has 24 heavy (non-hydrogen) atoms. The van der Waals surface area contributed by atoms with Crippen LogP contribution in [0, 0.1) is 6.92 Å². The predicted octanol–water partition coefficient (Wildman–Crippen LogP) is 3.67. The van der Waals surface area contributed by atoms with Gasteiger partial charge in [-0.05, 0) is 38.5 Å². The van der Waals surface area contributed by atoms with E-state index < -0.39 is 7.60 Å². The summed E-state index contributed by atoms with van der Waals surface area (Å²) in [6, 6.07) is 7.89. The number of hydrogen-bond donors (Lipinski definition) is 0. The third-order valence-electron chi connectivity index (χ3n) is 3.02. The summed E-state index contributed by atoms with van der Waals surface area (Å²) in [5.74, 6) is 0.845. The minimum absolute atomic E-state index is 0.255. The molecular weight excluding hydrogens is 331 g/mol. The van der Waals surface area contributed by atoms with Crippen molar-refractivity contribution in [1.82, 2.24) is 0 Å². The molecule has 0 radical (unpaired) electrons. The van der Waals surface area contributed by atoms with Crippen LogP contribution in [0.5, 0.6) is 5.75 Å². The smallest absolute Gasteiger partial charge is 0.332 e. The Hall–Kier alpha value is -0.910. The summed E-state index contributed by atoms with van der Waals surface area (Å²) in [6.07, 6.45) is 0.255. The molecular formula is C17H29O6P. The Balaban J connectivity index is 2.01. The number of ether oxygens (including phenoxy) is 3. The fourth-order valence-electron chi connectivity index (χ4n) is 1.98. The molecule has 0 saturated carbocycles. The SMILES string of the molecule is CCOP(=O)(CCOCCOCCOc1cccc(C)c1)OCC. The first-order valence-electron chi connectivity index (χ1n) is 8.32. The van der Waals surface area contributed by atoms with Crippen LogP contribution in [-0.4, -0.2) is 52.4 Å². The highest BCUT2D eigenvalue weighted by Crippen LogP contribution is 2.47. The Kier molecular flexibility index (Phi) is 11.0. The highest BCUT2D eigenvalue weighted by Gasteiger charge is 2.22. The van der Waals surface area contributed by atoms with Crippen molar-refractivity contribution in [2.45, 2.75) is 20.8 Å². The van der Waals surface area contributed by atoms with E-state index in [1.54, 1.807) is 13.8 Å². The van der Waals surface area contributed by atoms with E-state index in [-0.39, 0.29) is 6.16 Å². The van der Waals surface area contributed by atoms with E-state index in [9.17, 15) is 4.57 Å². The molecule has 0 amide bonds. The van der Waals surface area contributed by atoms with E-state index in [0.717, 1.165) is 5.75 Å². The van der Waals surface area contributed by atoms with Gasteiger partial charge in [-0.3, -0.25) is 4.57 Å². The molecule has 0 saturated heterocycles. The number of rotatable bonds is 14. The molecule has 0 bridgehead atoms. The maximum absolute atomic E-state index is 12.2. The molecule has 6 nitrogen and oxygen atoms in total. The Morgan fingerprint density at radius 1 is 0.917 bits per heavy atom. The third-order valence-corrected chi connectivity index (χ3v) is 5.05. The molecule has 0 heterocycles. The number of aryl methyl sites for hydroxylation is 1. The van der Waals surface area contributed by atoms with Crippen molar-refractivity contribution in [2.24, 2.45) is 0 Å². The molecule has 7 heteroatoms. The van der Waals surface area contributed by atoms with Crippen LogP contribution in [0.3, 0.4) is 0 Å². The normalized spacial score (nSPS) is 11.6. The average Bonchev–Trinajstić information content (AvgIpc) is 2.54. The van der Waals surface area contributed by atoms with E-state index in [1.165, 1.54) is 5.56 Å². The Labute approximate surface area is 144 Å². The minimum Gasteiger partial charge on any atom is -0.491 e. The van der Waals surface area contributed by atoms with Crippen molar-refractivity contribution in [3.63, 3.8) is 0 Å². The highest BCUT2D eigenvalue weighted by molar-refractivity contribution is 7.53. The van der Waals surface area contributed by atoms with Gasteiger partial charge in [0.2, 0.25) is 0 Å². The summed E-state index contributed by atoms with van der Waals surface area (Å²) in [4.78, 5) is 0. The number of benzene rings is 1. The fraction of sp³-hybridized carbons (Fsp3) is 0.647. The lowest BCUT2D eigenvalue weighted by atomic mass is 10.2. The van der Waals surface area contributed by atoms with Gasteiger partial charge in [0.15, 0.2) is 0 Å². The quantitative estimate of drug-likeness (QED) is 0.373. The third kappa shape index (κ3) is 9.40. The molecule has 0 aliphatic rings. The van der Waals surface area contributed by atoms with Gasteiger partial charge in [-0.1, -0.05) is 12.1 Å². The van der Waals surface area contributed by atoms with E-state index in [1.807, 2.05) is 31.2 Å². The van der Waals surface area contributed by atoms with Crippen LogP contribution in [0.15, 0.2) is 24.3 Å². The average molecular weight is 360 g/mol. The zero-order chi connectivity index (χ0) is 17.7. The van der Waals surface area contributed by atoms with Crippen molar-refractivity contribution < 1.29 is 27.8 Å². The first kappa shape index (κ1) is 21.1. The van der Waals surface area contributed by atoms with E-state index >= 15 is 0 Å². The van der Waals surface area contributed by atoms with Crippen LogP contribution < -0.4 is 4.74 Å². The zero-order valence-electron chi connectivity index (χ0n) is 14.9. The molecule has 1 aromatic rings. The predicted molar refractivity (Wildman–Crippen MR) is 94.0 cm³/mol. The second kappa shape index (κ2) is 12.5. The molecule has 0 atom stereocenters. The van der Waals surface area contributed by atoms with Crippen LogP contribution in [-0.2, 0) is 23.1 Å². The fourth-order valence-corrected chi connectivity index (χ4v) is 3.45. The second-order valence-corrected chi connectivity index (χ2v) is 7.25. The Morgan fingerprint density at radius 3 is 2.17 bits per heavy atom.